The molecule has 2 N–H and O–H groups in total. The van der Waals surface area contributed by atoms with E-state index < -0.39 is 11.9 Å². The average molecular weight is 513 g/mol. The number of rotatable bonds is 7. The average Bonchev–Trinajstić information content (AvgIpc) is 3.08. The van der Waals surface area contributed by atoms with Crippen molar-refractivity contribution in [2.24, 2.45) is 4.99 Å². The maximum Gasteiger partial charge on any atom is 0.328 e. The number of aromatic nitrogens is 1. The molecule has 196 valence electrons. The number of aliphatic imine (C=N–C) groups is 1. The first kappa shape index (κ1) is 26.8. The second-order valence-electron chi connectivity index (χ2n) is 9.11. The Morgan fingerprint density at radius 2 is 1.50 bits per heavy atom. The normalized spacial score (nSPS) is 14.9. The second kappa shape index (κ2) is 13.3. The molecular formula is C30H32N4O4. The molecule has 8 heteroatoms. The summed E-state index contributed by atoms with van der Waals surface area (Å²) >= 11 is 0. The molecule has 0 spiro atoms. The van der Waals surface area contributed by atoms with Gasteiger partial charge in [-0.15, -0.1) is 0 Å². The van der Waals surface area contributed by atoms with Crippen LogP contribution >= 0.6 is 0 Å². The van der Waals surface area contributed by atoms with Gasteiger partial charge in [0.2, 0.25) is 0 Å². The number of benzene rings is 2. The second-order valence-corrected chi connectivity index (χ2v) is 9.11. The van der Waals surface area contributed by atoms with Gasteiger partial charge in [0.05, 0.1) is 11.4 Å². The van der Waals surface area contributed by atoms with Gasteiger partial charge in [0.15, 0.2) is 5.82 Å². The molecule has 1 saturated heterocycles. The molecule has 0 radical (unpaired) electrons. The molecule has 5 rings (SSSR count). The van der Waals surface area contributed by atoms with Crippen LogP contribution in [0.1, 0.15) is 36.8 Å². The lowest BCUT2D eigenvalue weighted by atomic mass is 10.00. The molecule has 0 aliphatic carbocycles. The van der Waals surface area contributed by atoms with Crippen LogP contribution in [-0.2, 0) is 9.59 Å². The molecule has 8 nitrogen and oxygen atoms in total. The summed E-state index contributed by atoms with van der Waals surface area (Å²) < 4.78 is 0. The third-order valence-corrected chi connectivity index (χ3v) is 6.42. The van der Waals surface area contributed by atoms with Crippen LogP contribution in [0.4, 0.5) is 17.2 Å². The van der Waals surface area contributed by atoms with Crippen molar-refractivity contribution in [1.82, 2.24) is 9.88 Å². The molecule has 0 bridgehead atoms. The predicted molar refractivity (Wildman–Crippen MR) is 149 cm³/mol. The lowest BCUT2D eigenvalue weighted by molar-refractivity contribution is -0.134. The van der Waals surface area contributed by atoms with Gasteiger partial charge >= 0.3 is 11.9 Å². The number of carboxylic acids is 2. The van der Waals surface area contributed by atoms with Crippen molar-refractivity contribution < 1.29 is 19.8 Å². The van der Waals surface area contributed by atoms with Gasteiger partial charge in [-0.25, -0.2) is 19.6 Å². The van der Waals surface area contributed by atoms with E-state index in [9.17, 15) is 9.59 Å². The quantitative estimate of drug-likeness (QED) is 0.414. The maximum absolute atomic E-state index is 9.55. The van der Waals surface area contributed by atoms with Crippen molar-refractivity contribution in [3.8, 4) is 0 Å². The summed E-state index contributed by atoms with van der Waals surface area (Å²) in [7, 11) is 0. The third-order valence-electron chi connectivity index (χ3n) is 6.42. The number of hydrogen-bond acceptors (Lipinski definition) is 6. The van der Waals surface area contributed by atoms with Crippen LogP contribution in [0, 0.1) is 0 Å². The van der Waals surface area contributed by atoms with Gasteiger partial charge < -0.3 is 20.0 Å². The Morgan fingerprint density at radius 3 is 2.21 bits per heavy atom. The standard InChI is InChI=1S/C26H28N4.C4H4O4/c1-3-11-21(12-4-1)25-22-13-5-6-15-24(22)30(26-23(28-25)14-9-16-27-26)20-10-19-29-17-7-2-8-18-29;5-3(6)1-2-4(7)8/h1,3-6,9,11-16H,2,7-8,10,17-20H2;1-2H,(H,5,6)(H,7,8). The highest BCUT2D eigenvalue weighted by molar-refractivity contribution is 6.18. The van der Waals surface area contributed by atoms with Crippen molar-refractivity contribution in [3.63, 3.8) is 0 Å². The highest BCUT2D eigenvalue weighted by atomic mass is 16.4. The molecule has 2 aliphatic rings. The molecule has 1 aromatic heterocycles. The third kappa shape index (κ3) is 7.14. The van der Waals surface area contributed by atoms with Crippen molar-refractivity contribution >= 4 is 34.8 Å². The Labute approximate surface area is 222 Å². The zero-order chi connectivity index (χ0) is 26.7. The lowest BCUT2D eigenvalue weighted by Gasteiger charge is -2.29. The molecule has 0 atom stereocenters. The minimum absolute atomic E-state index is 0.558. The predicted octanol–water partition coefficient (Wildman–Crippen LogP) is 5.29. The molecule has 0 amide bonds. The number of fused-ring (bicyclic) bond motifs is 2. The number of likely N-dealkylation sites (tertiary alicyclic amines) is 1. The van der Waals surface area contributed by atoms with Crippen LogP contribution in [0.2, 0.25) is 0 Å². The van der Waals surface area contributed by atoms with E-state index in [1.165, 1.54) is 43.6 Å². The summed E-state index contributed by atoms with van der Waals surface area (Å²) in [5.74, 6) is -1.56. The van der Waals surface area contributed by atoms with E-state index in [0.717, 1.165) is 42.3 Å². The Bertz CT molecular complexity index is 1280. The molecule has 2 aromatic carbocycles. The van der Waals surface area contributed by atoms with Gasteiger partial charge in [-0.3, -0.25) is 0 Å². The molecule has 1 fully saturated rings. The van der Waals surface area contributed by atoms with Crippen LogP contribution in [0.5, 0.6) is 0 Å². The first-order valence-corrected chi connectivity index (χ1v) is 12.9. The number of piperidine rings is 1. The van der Waals surface area contributed by atoms with Crippen molar-refractivity contribution in [2.45, 2.75) is 25.7 Å². The summed E-state index contributed by atoms with van der Waals surface area (Å²) in [6, 6.07) is 23.1. The van der Waals surface area contributed by atoms with Crippen molar-refractivity contribution in [1.29, 1.82) is 0 Å². The molecule has 0 unspecified atom stereocenters. The number of pyridine rings is 1. The highest BCUT2D eigenvalue weighted by Gasteiger charge is 2.24. The maximum atomic E-state index is 9.55. The van der Waals surface area contributed by atoms with E-state index in [1.807, 2.05) is 12.3 Å². The smallest absolute Gasteiger partial charge is 0.328 e. The van der Waals surface area contributed by atoms with E-state index >= 15 is 0 Å². The molecule has 3 heterocycles. The molecule has 3 aromatic rings. The van der Waals surface area contributed by atoms with Gasteiger partial charge in [-0.2, -0.15) is 0 Å². The summed E-state index contributed by atoms with van der Waals surface area (Å²) in [5, 5.41) is 15.6. The summed E-state index contributed by atoms with van der Waals surface area (Å²) in [6.45, 7) is 4.57. The van der Waals surface area contributed by atoms with Gasteiger partial charge in [0.25, 0.3) is 0 Å². The van der Waals surface area contributed by atoms with Gasteiger partial charge in [-0.05, 0) is 57.1 Å². The van der Waals surface area contributed by atoms with E-state index in [0.29, 0.717) is 12.2 Å². The first-order valence-electron chi connectivity index (χ1n) is 12.9. The van der Waals surface area contributed by atoms with Crippen LogP contribution < -0.4 is 4.90 Å². The van der Waals surface area contributed by atoms with E-state index in [2.05, 4.69) is 70.5 Å². The Hall–Kier alpha value is -4.30. The van der Waals surface area contributed by atoms with E-state index in [-0.39, 0.29) is 0 Å². The van der Waals surface area contributed by atoms with Crippen molar-refractivity contribution in [3.05, 3.63) is 96.2 Å². The number of carboxylic acid groups (broad SMARTS) is 2. The number of aliphatic carboxylic acids is 2. The van der Waals surface area contributed by atoms with Gasteiger partial charge in [0.1, 0.15) is 5.69 Å². The summed E-state index contributed by atoms with van der Waals surface area (Å²) in [4.78, 5) is 33.9. The Balaban J connectivity index is 0.000000368. The Morgan fingerprint density at radius 1 is 0.816 bits per heavy atom. The zero-order valence-corrected chi connectivity index (χ0v) is 21.2. The number of anilines is 2. The largest absolute Gasteiger partial charge is 0.478 e. The fourth-order valence-electron chi connectivity index (χ4n) is 4.71. The molecule has 38 heavy (non-hydrogen) atoms. The van der Waals surface area contributed by atoms with Crippen molar-refractivity contribution in [2.75, 3.05) is 31.1 Å². The number of hydrogen-bond donors (Lipinski definition) is 2. The van der Waals surface area contributed by atoms with Gasteiger partial charge in [-0.1, -0.05) is 55.0 Å². The van der Waals surface area contributed by atoms with Gasteiger partial charge in [0, 0.05) is 36.0 Å². The minimum atomic E-state index is -1.26. The number of nitrogens with zero attached hydrogens (tertiary/aromatic N) is 4. The Kier molecular flexibility index (Phi) is 9.37. The molecule has 0 saturated carbocycles. The number of para-hydroxylation sites is 1. The first-order chi connectivity index (χ1) is 18.5. The lowest BCUT2D eigenvalue weighted by Crippen LogP contribution is -2.32. The fourth-order valence-corrected chi connectivity index (χ4v) is 4.71. The van der Waals surface area contributed by atoms with Crippen LogP contribution in [-0.4, -0.2) is 63.9 Å². The molecule has 2 aliphatic heterocycles. The minimum Gasteiger partial charge on any atom is -0.478 e. The van der Waals surface area contributed by atoms with Crippen LogP contribution in [0.3, 0.4) is 0 Å². The fraction of sp³-hybridized carbons (Fsp3) is 0.267. The van der Waals surface area contributed by atoms with Crippen LogP contribution in [0.25, 0.3) is 0 Å². The summed E-state index contributed by atoms with van der Waals surface area (Å²) in [5.41, 5.74) is 5.44. The summed E-state index contributed by atoms with van der Waals surface area (Å²) in [6.07, 6.45) is 8.17. The van der Waals surface area contributed by atoms with E-state index in [4.69, 9.17) is 20.2 Å². The highest BCUT2D eigenvalue weighted by Crippen LogP contribution is 2.39. The van der Waals surface area contributed by atoms with E-state index in [1.54, 1.807) is 0 Å². The zero-order valence-electron chi connectivity index (χ0n) is 21.2. The van der Waals surface area contributed by atoms with Crippen LogP contribution in [0.15, 0.2) is 90.1 Å². The monoisotopic (exact) mass is 512 g/mol. The number of carbonyl (C=O) groups is 2. The molecular weight excluding hydrogens is 480 g/mol. The topological polar surface area (TPSA) is 106 Å². The SMILES string of the molecule is O=C(O)C=CC(=O)O.c1ccc(C2=Nc3cccnc3N(CCCN3CCCCC3)c3ccccc32)cc1.